The van der Waals surface area contributed by atoms with E-state index in [2.05, 4.69) is 21.1 Å². The third kappa shape index (κ3) is 3.33. The standard InChI is InChI=1S/C13H12BrNO5S/c1-7-3-10(20-15-7)6-21(18,19)12-5-9(13(16)17)4-11(14)8(12)2/h3-5H,6H2,1-2H3,(H,16,17). The summed E-state index contributed by atoms with van der Waals surface area (Å²) in [5.74, 6) is -1.35. The minimum Gasteiger partial charge on any atom is -0.478 e. The minimum atomic E-state index is -3.74. The van der Waals surface area contributed by atoms with Gasteiger partial charge in [-0.3, -0.25) is 0 Å². The quantitative estimate of drug-likeness (QED) is 0.884. The Balaban J connectivity index is 2.51. The maximum absolute atomic E-state index is 12.5. The smallest absolute Gasteiger partial charge is 0.335 e. The Bertz CT molecular complexity index is 810. The summed E-state index contributed by atoms with van der Waals surface area (Å²) in [7, 11) is -3.74. The summed E-state index contributed by atoms with van der Waals surface area (Å²) in [6, 6.07) is 4.05. The average Bonchev–Trinajstić information content (AvgIpc) is 2.76. The van der Waals surface area contributed by atoms with Crippen LogP contribution >= 0.6 is 15.9 Å². The summed E-state index contributed by atoms with van der Waals surface area (Å²) in [4.78, 5) is 11.0. The molecule has 2 aromatic rings. The molecule has 8 heteroatoms. The van der Waals surface area contributed by atoms with Crippen molar-refractivity contribution in [1.82, 2.24) is 5.16 Å². The number of aromatic carboxylic acids is 1. The highest BCUT2D eigenvalue weighted by molar-refractivity contribution is 9.10. The first-order valence-corrected chi connectivity index (χ1v) is 8.33. The molecule has 0 saturated carbocycles. The molecular weight excluding hydrogens is 362 g/mol. The molecule has 1 aromatic heterocycles. The van der Waals surface area contributed by atoms with Crippen LogP contribution in [-0.4, -0.2) is 24.7 Å². The van der Waals surface area contributed by atoms with Gasteiger partial charge in [0.15, 0.2) is 15.6 Å². The lowest BCUT2D eigenvalue weighted by Gasteiger charge is -2.09. The number of aryl methyl sites for hydroxylation is 1. The molecule has 6 nitrogen and oxygen atoms in total. The highest BCUT2D eigenvalue weighted by atomic mass is 79.9. The number of carbonyl (C=O) groups is 1. The van der Waals surface area contributed by atoms with Gasteiger partial charge in [-0.15, -0.1) is 0 Å². The van der Waals surface area contributed by atoms with Gasteiger partial charge < -0.3 is 9.63 Å². The van der Waals surface area contributed by atoms with E-state index in [9.17, 15) is 13.2 Å². The molecule has 0 amide bonds. The summed E-state index contributed by atoms with van der Waals surface area (Å²) in [5, 5.41) is 12.7. The van der Waals surface area contributed by atoms with Gasteiger partial charge >= 0.3 is 5.97 Å². The Labute approximate surface area is 129 Å². The number of sulfone groups is 1. The van der Waals surface area contributed by atoms with Gasteiger partial charge in [0.1, 0.15) is 5.75 Å². The molecule has 0 bridgehead atoms. The molecule has 0 atom stereocenters. The van der Waals surface area contributed by atoms with E-state index in [0.717, 1.165) is 6.07 Å². The molecule has 0 spiro atoms. The van der Waals surface area contributed by atoms with Gasteiger partial charge in [-0.25, -0.2) is 13.2 Å². The zero-order valence-electron chi connectivity index (χ0n) is 11.3. The fourth-order valence-corrected chi connectivity index (χ4v) is 3.99. The SMILES string of the molecule is Cc1cc(CS(=O)(=O)c2cc(C(=O)O)cc(Br)c2C)on1. The van der Waals surface area contributed by atoms with Crippen LogP contribution in [0.25, 0.3) is 0 Å². The van der Waals surface area contributed by atoms with Crippen molar-refractivity contribution < 1.29 is 22.8 Å². The Kier molecular flexibility index (Phi) is 4.20. The fraction of sp³-hybridized carbons (Fsp3) is 0.231. The van der Waals surface area contributed by atoms with Crippen molar-refractivity contribution in [2.45, 2.75) is 24.5 Å². The van der Waals surface area contributed by atoms with Crippen LogP contribution in [0.2, 0.25) is 0 Å². The second-order valence-electron chi connectivity index (χ2n) is 4.58. The van der Waals surface area contributed by atoms with Gasteiger partial charge in [0, 0.05) is 10.5 Å². The molecule has 0 radical (unpaired) electrons. The summed E-state index contributed by atoms with van der Waals surface area (Å²) < 4.78 is 30.3. The molecule has 0 saturated heterocycles. The van der Waals surface area contributed by atoms with E-state index in [1.807, 2.05) is 0 Å². The average molecular weight is 374 g/mol. The van der Waals surface area contributed by atoms with E-state index in [0.29, 0.717) is 15.7 Å². The number of rotatable bonds is 4. The molecule has 2 rings (SSSR count). The highest BCUT2D eigenvalue weighted by Crippen LogP contribution is 2.28. The molecule has 0 aliphatic heterocycles. The lowest BCUT2D eigenvalue weighted by Crippen LogP contribution is -2.09. The lowest BCUT2D eigenvalue weighted by atomic mass is 10.1. The number of halogens is 1. The molecule has 21 heavy (non-hydrogen) atoms. The fourth-order valence-electron chi connectivity index (χ4n) is 1.85. The van der Waals surface area contributed by atoms with Gasteiger partial charge in [0.2, 0.25) is 0 Å². The van der Waals surface area contributed by atoms with Gasteiger partial charge in [-0.2, -0.15) is 0 Å². The Morgan fingerprint density at radius 1 is 1.33 bits per heavy atom. The third-order valence-corrected chi connectivity index (χ3v) is 5.47. The van der Waals surface area contributed by atoms with Crippen molar-refractivity contribution >= 4 is 31.7 Å². The summed E-state index contributed by atoms with van der Waals surface area (Å²) >= 11 is 3.18. The molecular formula is C13H12BrNO5S. The van der Waals surface area contributed by atoms with Crippen LogP contribution in [0, 0.1) is 13.8 Å². The third-order valence-electron chi connectivity index (χ3n) is 2.89. The van der Waals surface area contributed by atoms with Crippen LogP contribution in [-0.2, 0) is 15.6 Å². The minimum absolute atomic E-state index is 0.0386. The molecule has 1 aromatic carbocycles. The van der Waals surface area contributed by atoms with Gasteiger partial charge in [-0.05, 0) is 31.5 Å². The number of benzene rings is 1. The van der Waals surface area contributed by atoms with E-state index < -0.39 is 15.8 Å². The molecule has 1 N–H and O–H groups in total. The van der Waals surface area contributed by atoms with Crippen molar-refractivity contribution in [3.05, 3.63) is 45.3 Å². The predicted molar refractivity (Wildman–Crippen MR) is 78.0 cm³/mol. The van der Waals surface area contributed by atoms with Crippen molar-refractivity contribution in [3.63, 3.8) is 0 Å². The molecule has 0 aliphatic carbocycles. The Morgan fingerprint density at radius 3 is 2.52 bits per heavy atom. The maximum atomic E-state index is 12.5. The topological polar surface area (TPSA) is 97.5 Å². The number of carboxylic acid groups (broad SMARTS) is 1. The number of carboxylic acids is 1. The normalized spacial score (nSPS) is 11.6. The number of hydrogen-bond acceptors (Lipinski definition) is 5. The molecule has 112 valence electrons. The van der Waals surface area contributed by atoms with Crippen LogP contribution in [0.5, 0.6) is 0 Å². The van der Waals surface area contributed by atoms with E-state index in [4.69, 9.17) is 9.63 Å². The van der Waals surface area contributed by atoms with Gasteiger partial charge in [-0.1, -0.05) is 21.1 Å². The van der Waals surface area contributed by atoms with Crippen molar-refractivity contribution in [2.24, 2.45) is 0 Å². The summed E-state index contributed by atoms with van der Waals surface area (Å²) in [6.07, 6.45) is 0. The van der Waals surface area contributed by atoms with E-state index in [-0.39, 0.29) is 22.0 Å². The molecule has 0 fully saturated rings. The predicted octanol–water partition coefficient (Wildman–Crippen LogP) is 2.73. The van der Waals surface area contributed by atoms with E-state index >= 15 is 0 Å². The zero-order chi connectivity index (χ0) is 15.8. The number of hydrogen-bond donors (Lipinski definition) is 1. The lowest BCUT2D eigenvalue weighted by molar-refractivity contribution is 0.0696. The van der Waals surface area contributed by atoms with Crippen LogP contribution in [0.3, 0.4) is 0 Å². The van der Waals surface area contributed by atoms with Crippen molar-refractivity contribution in [2.75, 3.05) is 0 Å². The monoisotopic (exact) mass is 373 g/mol. The largest absolute Gasteiger partial charge is 0.478 e. The van der Waals surface area contributed by atoms with Crippen LogP contribution in [0.15, 0.2) is 32.1 Å². The first-order chi connectivity index (χ1) is 9.70. The number of nitrogens with zero attached hydrogens (tertiary/aromatic N) is 1. The van der Waals surface area contributed by atoms with Crippen molar-refractivity contribution in [1.29, 1.82) is 0 Å². The number of aromatic nitrogens is 1. The van der Waals surface area contributed by atoms with E-state index in [1.165, 1.54) is 12.1 Å². The van der Waals surface area contributed by atoms with Gasteiger partial charge in [0.25, 0.3) is 0 Å². The first kappa shape index (κ1) is 15.7. The molecule has 0 aliphatic rings. The van der Waals surface area contributed by atoms with Crippen LogP contribution in [0.4, 0.5) is 0 Å². The van der Waals surface area contributed by atoms with Crippen LogP contribution in [0.1, 0.15) is 27.4 Å². The second-order valence-corrected chi connectivity index (χ2v) is 7.39. The highest BCUT2D eigenvalue weighted by Gasteiger charge is 2.23. The summed E-state index contributed by atoms with van der Waals surface area (Å²) in [6.45, 7) is 3.29. The zero-order valence-corrected chi connectivity index (χ0v) is 13.7. The molecule has 0 unspecified atom stereocenters. The maximum Gasteiger partial charge on any atom is 0.335 e. The van der Waals surface area contributed by atoms with E-state index in [1.54, 1.807) is 13.8 Å². The molecule has 1 heterocycles. The Hall–Kier alpha value is -1.67. The van der Waals surface area contributed by atoms with Crippen LogP contribution < -0.4 is 0 Å². The van der Waals surface area contributed by atoms with Crippen molar-refractivity contribution in [3.8, 4) is 0 Å². The summed E-state index contributed by atoms with van der Waals surface area (Å²) in [5.41, 5.74) is 0.938. The Morgan fingerprint density at radius 2 is 2.00 bits per heavy atom. The van der Waals surface area contributed by atoms with Gasteiger partial charge in [0.05, 0.1) is 16.2 Å². The second kappa shape index (κ2) is 5.61. The first-order valence-electron chi connectivity index (χ1n) is 5.89.